The zero-order valence-corrected chi connectivity index (χ0v) is 13.2. The fourth-order valence-electron chi connectivity index (χ4n) is 3.75. The summed E-state index contributed by atoms with van der Waals surface area (Å²) in [5.41, 5.74) is 0. The summed E-state index contributed by atoms with van der Waals surface area (Å²) >= 11 is 0. The lowest BCUT2D eigenvalue weighted by Gasteiger charge is -2.49. The second-order valence-corrected chi connectivity index (χ2v) is 6.05. The molecular formula is C16H27NO4. The molecule has 2 aliphatic heterocycles. The van der Waals surface area contributed by atoms with Gasteiger partial charge in [0.25, 0.3) is 0 Å². The first-order valence-electron chi connectivity index (χ1n) is 8.19. The molecule has 2 saturated heterocycles. The lowest BCUT2D eigenvalue weighted by Crippen LogP contribution is -2.52. The van der Waals surface area contributed by atoms with E-state index in [0.717, 1.165) is 19.5 Å². The maximum absolute atomic E-state index is 11.7. The van der Waals surface area contributed by atoms with Crippen LogP contribution in [0.25, 0.3) is 0 Å². The van der Waals surface area contributed by atoms with E-state index in [1.54, 1.807) is 0 Å². The minimum atomic E-state index is -0.109. The number of hydrogen-bond acceptors (Lipinski definition) is 5. The van der Waals surface area contributed by atoms with Crippen LogP contribution in [-0.2, 0) is 19.1 Å². The Hall–Kier alpha value is -1.10. The van der Waals surface area contributed by atoms with Gasteiger partial charge < -0.3 is 9.47 Å². The number of carbonyl (C=O) groups excluding carboxylic acids is 2. The van der Waals surface area contributed by atoms with Gasteiger partial charge in [0, 0.05) is 25.6 Å². The van der Waals surface area contributed by atoms with E-state index < -0.39 is 0 Å². The van der Waals surface area contributed by atoms with Crippen LogP contribution < -0.4 is 0 Å². The fourth-order valence-corrected chi connectivity index (χ4v) is 3.75. The Labute approximate surface area is 127 Å². The van der Waals surface area contributed by atoms with Gasteiger partial charge in [0.15, 0.2) is 0 Å². The van der Waals surface area contributed by atoms with E-state index in [9.17, 15) is 9.59 Å². The average molecular weight is 297 g/mol. The van der Waals surface area contributed by atoms with Crippen LogP contribution in [0.3, 0.4) is 0 Å². The Morgan fingerprint density at radius 1 is 1.10 bits per heavy atom. The molecule has 21 heavy (non-hydrogen) atoms. The van der Waals surface area contributed by atoms with Gasteiger partial charge in [-0.05, 0) is 44.9 Å². The first kappa shape index (κ1) is 16.3. The monoisotopic (exact) mass is 297 g/mol. The minimum absolute atomic E-state index is 0.0619. The molecule has 2 bridgehead atoms. The van der Waals surface area contributed by atoms with Gasteiger partial charge in [0.05, 0.1) is 19.6 Å². The van der Waals surface area contributed by atoms with Crippen molar-refractivity contribution in [2.24, 2.45) is 11.8 Å². The Morgan fingerprint density at radius 3 is 2.43 bits per heavy atom. The number of nitrogens with zero attached hydrogens (tertiary/aromatic N) is 1. The highest BCUT2D eigenvalue weighted by Gasteiger charge is 2.41. The maximum Gasteiger partial charge on any atom is 0.307 e. The van der Waals surface area contributed by atoms with Gasteiger partial charge in [-0.2, -0.15) is 0 Å². The normalized spacial score (nSPS) is 28.4. The molecular weight excluding hydrogens is 270 g/mol. The molecule has 3 rings (SSSR count). The van der Waals surface area contributed by atoms with E-state index in [1.807, 2.05) is 13.8 Å². The van der Waals surface area contributed by atoms with Crippen molar-refractivity contribution in [2.45, 2.75) is 52.0 Å². The topological polar surface area (TPSA) is 55.8 Å². The largest absolute Gasteiger partial charge is 0.466 e. The number of carbonyl (C=O) groups is 2. The quantitative estimate of drug-likeness (QED) is 0.673. The van der Waals surface area contributed by atoms with Crippen molar-refractivity contribution in [1.82, 2.24) is 4.90 Å². The highest BCUT2D eigenvalue weighted by molar-refractivity contribution is 5.70. The molecule has 5 nitrogen and oxygen atoms in total. The summed E-state index contributed by atoms with van der Waals surface area (Å²) in [6, 6.07) is 0.517. The van der Waals surface area contributed by atoms with Crippen LogP contribution in [0.15, 0.2) is 0 Å². The molecule has 120 valence electrons. The molecule has 1 aliphatic carbocycles. The molecule has 0 aromatic rings. The van der Waals surface area contributed by atoms with E-state index in [2.05, 4.69) is 4.90 Å². The molecule has 0 spiro atoms. The number of hydrogen-bond donors (Lipinski definition) is 0. The van der Waals surface area contributed by atoms with Crippen LogP contribution in [0.4, 0.5) is 0 Å². The maximum atomic E-state index is 11.7. The third-order valence-electron chi connectivity index (χ3n) is 4.74. The van der Waals surface area contributed by atoms with Crippen molar-refractivity contribution < 1.29 is 19.1 Å². The van der Waals surface area contributed by atoms with Crippen molar-refractivity contribution >= 4 is 11.9 Å². The van der Waals surface area contributed by atoms with Crippen molar-refractivity contribution in [3.63, 3.8) is 0 Å². The van der Waals surface area contributed by atoms with Crippen LogP contribution in [0.1, 0.15) is 46.0 Å². The van der Waals surface area contributed by atoms with Crippen LogP contribution in [0.2, 0.25) is 0 Å². The zero-order valence-electron chi connectivity index (χ0n) is 13.2. The van der Waals surface area contributed by atoms with Gasteiger partial charge in [-0.1, -0.05) is 0 Å². The molecule has 1 saturated carbocycles. The fraction of sp³-hybridized carbons (Fsp3) is 0.875. The summed E-state index contributed by atoms with van der Waals surface area (Å²) in [5, 5.41) is 0. The molecule has 3 unspecified atom stereocenters. The van der Waals surface area contributed by atoms with Gasteiger partial charge in [0.1, 0.15) is 0 Å². The van der Waals surface area contributed by atoms with Crippen molar-refractivity contribution in [3.05, 3.63) is 0 Å². The number of piperidine rings is 2. The lowest BCUT2D eigenvalue weighted by molar-refractivity contribution is -0.146. The SMILES string of the molecule is CCOC(=O)CCN1CC2CCC1CC2CC(=O)OCC. The van der Waals surface area contributed by atoms with Gasteiger partial charge >= 0.3 is 11.9 Å². The highest BCUT2D eigenvalue weighted by atomic mass is 16.5. The molecule has 2 heterocycles. The van der Waals surface area contributed by atoms with Crippen molar-refractivity contribution in [3.8, 4) is 0 Å². The summed E-state index contributed by atoms with van der Waals surface area (Å²) < 4.78 is 10.1. The summed E-state index contributed by atoms with van der Waals surface area (Å²) in [5.74, 6) is 0.860. The van der Waals surface area contributed by atoms with Gasteiger partial charge in [-0.15, -0.1) is 0 Å². The summed E-state index contributed by atoms with van der Waals surface area (Å²) in [6.07, 6.45) is 4.48. The highest BCUT2D eigenvalue weighted by Crippen LogP contribution is 2.41. The van der Waals surface area contributed by atoms with E-state index in [1.165, 1.54) is 12.8 Å². The second-order valence-electron chi connectivity index (χ2n) is 6.05. The van der Waals surface area contributed by atoms with E-state index in [-0.39, 0.29) is 11.9 Å². The number of fused-ring (bicyclic) bond motifs is 3. The Balaban J connectivity index is 1.79. The zero-order chi connectivity index (χ0) is 15.2. The predicted molar refractivity (Wildman–Crippen MR) is 78.7 cm³/mol. The first-order chi connectivity index (χ1) is 10.1. The third kappa shape index (κ3) is 4.43. The van der Waals surface area contributed by atoms with Crippen LogP contribution in [0, 0.1) is 11.8 Å². The minimum Gasteiger partial charge on any atom is -0.466 e. The molecule has 0 radical (unpaired) electrons. The van der Waals surface area contributed by atoms with Crippen molar-refractivity contribution in [2.75, 3.05) is 26.3 Å². The molecule has 0 aromatic carbocycles. The molecule has 5 heteroatoms. The third-order valence-corrected chi connectivity index (χ3v) is 4.74. The summed E-state index contributed by atoms with van der Waals surface area (Å²) in [6.45, 7) is 6.39. The van der Waals surface area contributed by atoms with Gasteiger partial charge in [0.2, 0.25) is 0 Å². The molecule has 3 fully saturated rings. The smallest absolute Gasteiger partial charge is 0.307 e. The second kappa shape index (κ2) is 7.78. The van der Waals surface area contributed by atoms with E-state index in [4.69, 9.17) is 9.47 Å². The van der Waals surface area contributed by atoms with Crippen LogP contribution in [-0.4, -0.2) is 49.2 Å². The van der Waals surface area contributed by atoms with Crippen LogP contribution in [0.5, 0.6) is 0 Å². The number of esters is 2. The Kier molecular flexibility index (Phi) is 6.03. The Morgan fingerprint density at radius 2 is 1.81 bits per heavy atom. The number of ether oxygens (including phenoxy) is 2. The van der Waals surface area contributed by atoms with Gasteiger partial charge in [-0.25, -0.2) is 0 Å². The van der Waals surface area contributed by atoms with Crippen molar-refractivity contribution in [1.29, 1.82) is 0 Å². The molecule has 0 N–H and O–H groups in total. The van der Waals surface area contributed by atoms with Gasteiger partial charge in [-0.3, -0.25) is 14.5 Å². The molecule has 3 atom stereocenters. The van der Waals surface area contributed by atoms with Crippen LogP contribution >= 0.6 is 0 Å². The standard InChI is InChI=1S/C16H27NO4/c1-3-20-15(18)7-8-17-11-12-5-6-14(17)9-13(12)10-16(19)21-4-2/h12-14H,3-11H2,1-2H3. The lowest BCUT2D eigenvalue weighted by atomic mass is 9.70. The van der Waals surface area contributed by atoms with E-state index in [0.29, 0.717) is 43.9 Å². The summed E-state index contributed by atoms with van der Waals surface area (Å²) in [7, 11) is 0. The predicted octanol–water partition coefficient (Wildman–Crippen LogP) is 1.99. The Bertz CT molecular complexity index is 371. The molecule has 3 aliphatic rings. The first-order valence-corrected chi connectivity index (χ1v) is 8.19. The average Bonchev–Trinajstić information content (AvgIpc) is 2.46. The van der Waals surface area contributed by atoms with E-state index >= 15 is 0 Å². The number of rotatable bonds is 7. The summed E-state index contributed by atoms with van der Waals surface area (Å²) in [4.78, 5) is 25.5. The molecule has 0 aromatic heterocycles. The molecule has 0 amide bonds.